The largest absolute Gasteiger partial charge is 0.444 e. The summed E-state index contributed by atoms with van der Waals surface area (Å²) in [4.78, 5) is 71.8. The lowest BCUT2D eigenvalue weighted by atomic mass is 9.90. The number of hydrogen-bond donors (Lipinski definition) is 2. The summed E-state index contributed by atoms with van der Waals surface area (Å²) in [5, 5.41) is 5.99. The molecule has 3 heterocycles. The Morgan fingerprint density at radius 1 is 1.06 bits per heavy atom. The van der Waals surface area contributed by atoms with Gasteiger partial charge < -0.3 is 19.6 Å². The predicted molar refractivity (Wildman–Crippen MR) is 118 cm³/mol. The molecule has 1 aromatic heterocycles. The van der Waals surface area contributed by atoms with Crippen LogP contribution in [0, 0.1) is 0 Å². The molecule has 1 aromatic rings. The van der Waals surface area contributed by atoms with Crippen molar-refractivity contribution in [1.29, 1.82) is 0 Å². The minimum absolute atomic E-state index is 0.0399. The fraction of sp³-hybridized carbons (Fsp3) is 0.636. The zero-order valence-corrected chi connectivity index (χ0v) is 20.9. The quantitative estimate of drug-likeness (QED) is 0.591. The van der Waals surface area contributed by atoms with E-state index < -0.39 is 52.9 Å². The number of fused-ring (bicyclic) bond motifs is 1. The second-order valence-electron chi connectivity index (χ2n) is 10.5. The van der Waals surface area contributed by atoms with Crippen molar-refractivity contribution in [1.82, 2.24) is 25.2 Å². The fourth-order valence-electron chi connectivity index (χ4n) is 3.64. The number of nitrogens with one attached hydrogen (secondary N) is 2. The highest BCUT2D eigenvalue weighted by atomic mass is 16.7. The van der Waals surface area contributed by atoms with E-state index in [0.717, 1.165) is 4.57 Å². The summed E-state index contributed by atoms with van der Waals surface area (Å²) in [6.45, 7) is 11.6. The van der Waals surface area contributed by atoms with E-state index in [-0.39, 0.29) is 30.7 Å². The first-order valence-electron chi connectivity index (χ1n) is 11.2. The van der Waals surface area contributed by atoms with Crippen LogP contribution in [0.15, 0.2) is 6.33 Å². The molecule has 0 spiro atoms. The smallest absolute Gasteiger partial charge is 0.420 e. The van der Waals surface area contributed by atoms with Gasteiger partial charge in [-0.15, -0.1) is 5.06 Å². The molecule has 3 amide bonds. The maximum atomic E-state index is 13.3. The van der Waals surface area contributed by atoms with E-state index in [0.29, 0.717) is 5.06 Å². The summed E-state index contributed by atoms with van der Waals surface area (Å²) < 4.78 is 11.9. The van der Waals surface area contributed by atoms with E-state index in [9.17, 15) is 24.0 Å². The van der Waals surface area contributed by atoms with Crippen molar-refractivity contribution in [2.45, 2.75) is 90.6 Å². The number of hydrogen-bond acceptors (Lipinski definition) is 10. The maximum absolute atomic E-state index is 13.3. The second kappa shape index (κ2) is 8.95. The molecule has 13 nitrogen and oxygen atoms in total. The summed E-state index contributed by atoms with van der Waals surface area (Å²) >= 11 is 0. The minimum Gasteiger partial charge on any atom is -0.444 e. The van der Waals surface area contributed by atoms with E-state index in [1.165, 1.54) is 13.3 Å². The third kappa shape index (κ3) is 5.78. The van der Waals surface area contributed by atoms with Crippen LogP contribution in [-0.2, 0) is 40.7 Å². The van der Waals surface area contributed by atoms with Crippen molar-refractivity contribution >= 4 is 30.0 Å². The fourth-order valence-corrected chi connectivity index (χ4v) is 3.64. The van der Waals surface area contributed by atoms with Crippen LogP contribution in [0.1, 0.15) is 72.7 Å². The van der Waals surface area contributed by atoms with Crippen LogP contribution in [0.2, 0.25) is 0 Å². The average molecular weight is 494 g/mol. The van der Waals surface area contributed by atoms with E-state index >= 15 is 0 Å². The Kier molecular flexibility index (Phi) is 6.68. The Labute approximate surface area is 202 Å². The van der Waals surface area contributed by atoms with Gasteiger partial charge in [0.2, 0.25) is 0 Å². The average Bonchev–Trinajstić information content (AvgIpc) is 3.24. The molecule has 35 heavy (non-hydrogen) atoms. The van der Waals surface area contributed by atoms with Gasteiger partial charge in [-0.2, -0.15) is 0 Å². The Morgan fingerprint density at radius 3 is 2.17 bits per heavy atom. The maximum Gasteiger partial charge on any atom is 0.420 e. The topological polar surface area (TPSA) is 158 Å². The molecule has 2 aliphatic rings. The van der Waals surface area contributed by atoms with Crippen molar-refractivity contribution in [3.05, 3.63) is 17.7 Å². The van der Waals surface area contributed by atoms with Gasteiger partial charge in [0.15, 0.2) is 5.54 Å². The lowest BCUT2D eigenvalue weighted by molar-refractivity contribution is -0.203. The van der Waals surface area contributed by atoms with Gasteiger partial charge in [0.05, 0.1) is 17.6 Å². The van der Waals surface area contributed by atoms with Crippen LogP contribution < -0.4 is 10.6 Å². The zero-order valence-electron chi connectivity index (χ0n) is 20.9. The number of carbonyl (C=O) groups is 5. The van der Waals surface area contributed by atoms with Crippen molar-refractivity contribution in [3.8, 4) is 0 Å². The van der Waals surface area contributed by atoms with Crippen molar-refractivity contribution < 1.29 is 38.3 Å². The van der Waals surface area contributed by atoms with Crippen LogP contribution >= 0.6 is 0 Å². The zero-order chi connectivity index (χ0) is 26.3. The molecule has 0 saturated carbocycles. The number of aromatic nitrogens is 2. The number of amides is 3. The van der Waals surface area contributed by atoms with E-state index in [2.05, 4.69) is 15.6 Å². The van der Waals surface area contributed by atoms with Gasteiger partial charge >= 0.3 is 18.2 Å². The monoisotopic (exact) mass is 493 g/mol. The molecule has 2 atom stereocenters. The van der Waals surface area contributed by atoms with Crippen molar-refractivity contribution in [2.75, 3.05) is 0 Å². The number of rotatable bonds is 3. The van der Waals surface area contributed by atoms with Gasteiger partial charge in [0, 0.05) is 19.3 Å². The Morgan fingerprint density at radius 2 is 1.63 bits per heavy atom. The van der Waals surface area contributed by atoms with Crippen molar-refractivity contribution in [3.63, 3.8) is 0 Å². The molecular formula is C22H31N5O8. The summed E-state index contributed by atoms with van der Waals surface area (Å²) in [5.41, 5.74) is -2.93. The normalized spacial score (nSPS) is 22.5. The minimum atomic E-state index is -1.75. The number of imidazole rings is 1. The highest BCUT2D eigenvalue weighted by molar-refractivity contribution is 6.02. The standard InChI is InChI=1S/C22H31N5O8/c1-20(2,3)33-18(31)24-13-10-12-16(23-11-26(12)19(32)34-21(4,5)6)22(7,25-13)17(30)35-27-14(28)8-9-15(27)29/h11,13,25H,8-10H2,1-7H3,(H,24,31)/t13-,22?/m1/s1. The Bertz CT molecular complexity index is 1050. The number of ether oxygens (including phenoxy) is 2. The highest BCUT2D eigenvalue weighted by Gasteiger charge is 2.50. The lowest BCUT2D eigenvalue weighted by Crippen LogP contribution is -2.62. The summed E-state index contributed by atoms with van der Waals surface area (Å²) in [6, 6.07) is 0. The molecule has 2 aliphatic heterocycles. The van der Waals surface area contributed by atoms with Crippen LogP contribution in [0.4, 0.5) is 9.59 Å². The highest BCUT2D eigenvalue weighted by Crippen LogP contribution is 2.32. The molecule has 2 N–H and O–H groups in total. The summed E-state index contributed by atoms with van der Waals surface area (Å²) in [5.74, 6) is -2.32. The van der Waals surface area contributed by atoms with E-state index in [1.807, 2.05) is 0 Å². The Balaban J connectivity index is 1.96. The van der Waals surface area contributed by atoms with Gasteiger partial charge in [-0.25, -0.2) is 23.9 Å². The van der Waals surface area contributed by atoms with E-state index in [4.69, 9.17) is 14.3 Å². The first-order chi connectivity index (χ1) is 16.0. The molecule has 0 bridgehead atoms. The molecule has 0 radical (unpaired) electrons. The molecule has 3 rings (SSSR count). The third-order valence-corrected chi connectivity index (χ3v) is 5.07. The van der Waals surface area contributed by atoms with Crippen molar-refractivity contribution in [2.24, 2.45) is 0 Å². The predicted octanol–water partition coefficient (Wildman–Crippen LogP) is 1.49. The number of imide groups is 1. The SMILES string of the molecule is CC(C)(C)OC(=O)N[C@H]1Cc2c(ncn2C(=O)OC(C)(C)C)C(C)(C(=O)ON2C(=O)CCC2=O)N1. The van der Waals surface area contributed by atoms with Crippen LogP contribution in [0.25, 0.3) is 0 Å². The first-order valence-corrected chi connectivity index (χ1v) is 11.2. The van der Waals surface area contributed by atoms with Crippen LogP contribution in [0.3, 0.4) is 0 Å². The molecular weight excluding hydrogens is 462 g/mol. The lowest BCUT2D eigenvalue weighted by Gasteiger charge is -2.37. The third-order valence-electron chi connectivity index (χ3n) is 5.07. The van der Waals surface area contributed by atoms with Gasteiger partial charge in [0.1, 0.15) is 17.5 Å². The van der Waals surface area contributed by atoms with Crippen LogP contribution in [-0.4, -0.2) is 62.0 Å². The van der Waals surface area contributed by atoms with Gasteiger partial charge in [0.25, 0.3) is 11.8 Å². The van der Waals surface area contributed by atoms with Gasteiger partial charge in [-0.05, 0) is 48.5 Å². The molecule has 13 heteroatoms. The summed E-state index contributed by atoms with van der Waals surface area (Å²) in [7, 11) is 0. The summed E-state index contributed by atoms with van der Waals surface area (Å²) in [6.07, 6.45) is -1.30. The molecule has 192 valence electrons. The molecule has 1 fully saturated rings. The molecule has 0 aromatic carbocycles. The Hall–Kier alpha value is -3.48. The van der Waals surface area contributed by atoms with Crippen LogP contribution in [0.5, 0.6) is 0 Å². The number of hydroxylamine groups is 2. The number of carbonyl (C=O) groups excluding carboxylic acids is 5. The first kappa shape index (κ1) is 26.1. The molecule has 0 aliphatic carbocycles. The van der Waals surface area contributed by atoms with Gasteiger partial charge in [-0.1, -0.05) is 0 Å². The van der Waals surface area contributed by atoms with E-state index in [1.54, 1.807) is 41.5 Å². The number of nitrogens with zero attached hydrogens (tertiary/aromatic N) is 3. The second-order valence-corrected chi connectivity index (χ2v) is 10.5. The van der Waals surface area contributed by atoms with Gasteiger partial charge in [-0.3, -0.25) is 14.9 Å². The number of alkyl carbamates (subject to hydrolysis) is 1. The molecule has 1 unspecified atom stereocenters. The molecule has 1 saturated heterocycles.